The molecule has 1 aromatic carbocycles. The quantitative estimate of drug-likeness (QED) is 0.912. The molecule has 1 aliphatic rings. The summed E-state index contributed by atoms with van der Waals surface area (Å²) in [5.41, 5.74) is 9.18. The highest BCUT2D eigenvalue weighted by atomic mass is 16.2. The molecule has 1 saturated heterocycles. The Bertz CT molecular complexity index is 788. The fourth-order valence-electron chi connectivity index (χ4n) is 2.94. The minimum absolute atomic E-state index is 0.0853. The van der Waals surface area contributed by atoms with Crippen LogP contribution in [0.25, 0.3) is 11.0 Å². The summed E-state index contributed by atoms with van der Waals surface area (Å²) in [4.78, 5) is 34.7. The van der Waals surface area contributed by atoms with Crippen molar-refractivity contribution in [1.29, 1.82) is 0 Å². The van der Waals surface area contributed by atoms with Crippen LogP contribution in [-0.2, 0) is 4.79 Å². The molecule has 120 valence electrons. The summed E-state index contributed by atoms with van der Waals surface area (Å²) in [5, 5.41) is 0. The summed E-state index contributed by atoms with van der Waals surface area (Å²) < 4.78 is 0. The zero-order chi connectivity index (χ0) is 16.6. The molecule has 0 spiro atoms. The number of primary amides is 1. The van der Waals surface area contributed by atoms with E-state index in [-0.39, 0.29) is 17.7 Å². The maximum Gasteiger partial charge on any atom is 0.253 e. The van der Waals surface area contributed by atoms with Crippen LogP contribution in [0.3, 0.4) is 0 Å². The highest BCUT2D eigenvalue weighted by molar-refractivity contribution is 5.97. The van der Waals surface area contributed by atoms with Crippen molar-refractivity contribution in [3.05, 3.63) is 35.2 Å². The summed E-state index contributed by atoms with van der Waals surface area (Å²) >= 11 is 0. The number of carbonyl (C=O) groups excluding carboxylic acids is 2. The van der Waals surface area contributed by atoms with Gasteiger partial charge in [-0.05, 0) is 44.9 Å². The minimum atomic E-state index is -0.335. The van der Waals surface area contributed by atoms with Crippen molar-refractivity contribution >= 4 is 22.8 Å². The second-order valence-corrected chi connectivity index (χ2v) is 6.09. The van der Waals surface area contributed by atoms with Gasteiger partial charge in [-0.2, -0.15) is 0 Å². The van der Waals surface area contributed by atoms with Gasteiger partial charge in [-0.1, -0.05) is 0 Å². The molecule has 1 fully saturated rings. The number of nitrogens with zero attached hydrogens (tertiary/aromatic N) is 3. The van der Waals surface area contributed by atoms with Crippen molar-refractivity contribution in [2.45, 2.75) is 26.7 Å². The normalized spacial score (nSPS) is 18.2. The molecular weight excluding hydrogens is 292 g/mol. The van der Waals surface area contributed by atoms with Crippen molar-refractivity contribution in [3.63, 3.8) is 0 Å². The average Bonchev–Trinajstić information content (AvgIpc) is 2.55. The molecule has 2 amide bonds. The van der Waals surface area contributed by atoms with Crippen LogP contribution in [0.2, 0.25) is 0 Å². The minimum Gasteiger partial charge on any atom is -0.369 e. The first-order valence-electron chi connectivity index (χ1n) is 7.79. The van der Waals surface area contributed by atoms with Gasteiger partial charge in [0.2, 0.25) is 5.91 Å². The van der Waals surface area contributed by atoms with E-state index in [2.05, 4.69) is 9.97 Å². The second kappa shape index (κ2) is 5.95. The smallest absolute Gasteiger partial charge is 0.253 e. The van der Waals surface area contributed by atoms with E-state index in [1.165, 1.54) is 0 Å². The lowest BCUT2D eigenvalue weighted by Crippen LogP contribution is -2.44. The zero-order valence-electron chi connectivity index (χ0n) is 13.4. The summed E-state index contributed by atoms with van der Waals surface area (Å²) in [5.74, 6) is -0.673. The molecule has 1 aromatic heterocycles. The van der Waals surface area contributed by atoms with Gasteiger partial charge in [0.15, 0.2) is 0 Å². The SMILES string of the molecule is Cc1nc2ccc(C(=O)N3CCCC(C(N)=O)C3)cc2nc1C. The molecule has 1 unspecified atom stereocenters. The number of hydrogen-bond donors (Lipinski definition) is 1. The first-order chi connectivity index (χ1) is 11.0. The fourth-order valence-corrected chi connectivity index (χ4v) is 2.94. The molecule has 2 aromatic rings. The van der Waals surface area contributed by atoms with Gasteiger partial charge in [0.25, 0.3) is 5.91 Å². The molecule has 3 rings (SSSR count). The van der Waals surface area contributed by atoms with Crippen molar-refractivity contribution in [1.82, 2.24) is 14.9 Å². The fraction of sp³-hybridized carbons (Fsp3) is 0.412. The topological polar surface area (TPSA) is 89.2 Å². The summed E-state index contributed by atoms with van der Waals surface area (Å²) in [6.45, 7) is 4.86. The first kappa shape index (κ1) is 15.4. The molecule has 0 radical (unpaired) electrons. The highest BCUT2D eigenvalue weighted by Gasteiger charge is 2.27. The first-order valence-corrected chi connectivity index (χ1v) is 7.79. The van der Waals surface area contributed by atoms with Crippen LogP contribution in [0.15, 0.2) is 18.2 Å². The molecule has 2 N–H and O–H groups in total. The van der Waals surface area contributed by atoms with Crippen molar-refractivity contribution in [2.75, 3.05) is 13.1 Å². The molecule has 6 heteroatoms. The third-order valence-corrected chi connectivity index (χ3v) is 4.43. The van der Waals surface area contributed by atoms with Crippen LogP contribution in [0, 0.1) is 19.8 Å². The summed E-state index contributed by atoms with van der Waals surface area (Å²) in [6, 6.07) is 5.35. The van der Waals surface area contributed by atoms with Gasteiger partial charge in [-0.25, -0.2) is 9.97 Å². The van der Waals surface area contributed by atoms with E-state index in [1.807, 2.05) is 19.9 Å². The predicted octanol–water partition coefficient (Wildman–Crippen LogP) is 1.58. The Morgan fingerprint density at radius 2 is 1.87 bits per heavy atom. The van der Waals surface area contributed by atoms with Gasteiger partial charge in [-0.15, -0.1) is 0 Å². The third kappa shape index (κ3) is 3.02. The van der Waals surface area contributed by atoms with E-state index >= 15 is 0 Å². The van der Waals surface area contributed by atoms with Crippen molar-refractivity contribution < 1.29 is 9.59 Å². The molecule has 0 saturated carbocycles. The third-order valence-electron chi connectivity index (χ3n) is 4.43. The molecule has 2 heterocycles. The molecule has 6 nitrogen and oxygen atoms in total. The number of benzene rings is 1. The number of nitrogens with two attached hydrogens (primary N) is 1. The maximum absolute atomic E-state index is 12.7. The van der Waals surface area contributed by atoms with Crippen LogP contribution in [0.4, 0.5) is 0 Å². The average molecular weight is 312 g/mol. The predicted molar refractivity (Wildman–Crippen MR) is 86.8 cm³/mol. The molecular formula is C17H20N4O2. The summed E-state index contributed by atoms with van der Waals surface area (Å²) in [7, 11) is 0. The number of amides is 2. The van der Waals surface area contributed by atoms with Crippen LogP contribution in [-0.4, -0.2) is 39.8 Å². The molecule has 23 heavy (non-hydrogen) atoms. The maximum atomic E-state index is 12.7. The molecule has 1 aliphatic heterocycles. The molecule has 1 atom stereocenters. The lowest BCUT2D eigenvalue weighted by Gasteiger charge is -2.31. The largest absolute Gasteiger partial charge is 0.369 e. The van der Waals surface area contributed by atoms with E-state index < -0.39 is 0 Å². The number of carbonyl (C=O) groups is 2. The number of likely N-dealkylation sites (tertiary alicyclic amines) is 1. The molecule has 0 bridgehead atoms. The van der Waals surface area contributed by atoms with E-state index in [4.69, 9.17) is 5.73 Å². The number of aryl methyl sites for hydroxylation is 2. The van der Waals surface area contributed by atoms with Gasteiger partial charge in [0, 0.05) is 18.7 Å². The summed E-state index contributed by atoms with van der Waals surface area (Å²) in [6.07, 6.45) is 1.55. The van der Waals surface area contributed by atoms with Crippen LogP contribution in [0.1, 0.15) is 34.6 Å². The Balaban J connectivity index is 1.88. The zero-order valence-corrected chi connectivity index (χ0v) is 13.4. The Labute approximate surface area is 134 Å². The number of piperidine rings is 1. The Morgan fingerprint density at radius 3 is 2.57 bits per heavy atom. The van der Waals surface area contributed by atoms with E-state index in [9.17, 15) is 9.59 Å². The monoisotopic (exact) mass is 312 g/mol. The van der Waals surface area contributed by atoms with Crippen molar-refractivity contribution in [3.8, 4) is 0 Å². The number of rotatable bonds is 2. The van der Waals surface area contributed by atoms with Gasteiger partial charge in [-0.3, -0.25) is 9.59 Å². The van der Waals surface area contributed by atoms with Crippen LogP contribution >= 0.6 is 0 Å². The Kier molecular flexibility index (Phi) is 3.98. The van der Waals surface area contributed by atoms with Gasteiger partial charge < -0.3 is 10.6 Å². The number of fused-ring (bicyclic) bond motifs is 1. The number of aromatic nitrogens is 2. The highest BCUT2D eigenvalue weighted by Crippen LogP contribution is 2.20. The van der Waals surface area contributed by atoms with E-state index in [0.717, 1.165) is 29.7 Å². The van der Waals surface area contributed by atoms with E-state index in [1.54, 1.807) is 17.0 Å². The Hall–Kier alpha value is -2.50. The lowest BCUT2D eigenvalue weighted by molar-refractivity contribution is -0.123. The molecule has 0 aliphatic carbocycles. The van der Waals surface area contributed by atoms with E-state index in [0.29, 0.717) is 24.2 Å². The van der Waals surface area contributed by atoms with Crippen LogP contribution in [0.5, 0.6) is 0 Å². The van der Waals surface area contributed by atoms with Gasteiger partial charge in [0.1, 0.15) is 0 Å². The standard InChI is InChI=1S/C17H20N4O2/c1-10-11(2)20-15-8-12(5-6-14(15)19-10)17(23)21-7-3-4-13(9-21)16(18)22/h5-6,8,13H,3-4,7,9H2,1-2H3,(H2,18,22). The van der Waals surface area contributed by atoms with Gasteiger partial charge >= 0.3 is 0 Å². The second-order valence-electron chi connectivity index (χ2n) is 6.09. The van der Waals surface area contributed by atoms with Crippen molar-refractivity contribution in [2.24, 2.45) is 11.7 Å². The lowest BCUT2D eigenvalue weighted by atomic mass is 9.97. The Morgan fingerprint density at radius 1 is 1.17 bits per heavy atom. The number of hydrogen-bond acceptors (Lipinski definition) is 4. The van der Waals surface area contributed by atoms with Crippen LogP contribution < -0.4 is 5.73 Å². The van der Waals surface area contributed by atoms with Gasteiger partial charge in [0.05, 0.1) is 28.3 Å².